The minimum atomic E-state index is -3.71. The molecule has 0 saturated heterocycles. The Balaban J connectivity index is 1.64. The Morgan fingerprint density at radius 2 is 1.72 bits per heavy atom. The summed E-state index contributed by atoms with van der Waals surface area (Å²) in [6, 6.07) is 10.3. The van der Waals surface area contributed by atoms with Crippen molar-refractivity contribution in [2.75, 3.05) is 11.3 Å². The van der Waals surface area contributed by atoms with Crippen molar-refractivity contribution in [1.82, 2.24) is 5.32 Å². The highest BCUT2D eigenvalue weighted by Gasteiger charge is 2.19. The van der Waals surface area contributed by atoms with Crippen molar-refractivity contribution in [3.8, 4) is 5.75 Å². The van der Waals surface area contributed by atoms with Crippen LogP contribution in [0.1, 0.15) is 42.4 Å². The van der Waals surface area contributed by atoms with Gasteiger partial charge >= 0.3 is 0 Å². The molecular weight excluding hydrogens is 388 g/mol. The summed E-state index contributed by atoms with van der Waals surface area (Å²) in [5, 5.41) is 2.97. The van der Waals surface area contributed by atoms with E-state index in [4.69, 9.17) is 4.74 Å². The highest BCUT2D eigenvalue weighted by Crippen LogP contribution is 2.24. The maximum atomic E-state index is 12.7. The van der Waals surface area contributed by atoms with Gasteiger partial charge in [0.15, 0.2) is 6.61 Å². The van der Waals surface area contributed by atoms with E-state index in [1.54, 1.807) is 31.2 Å². The lowest BCUT2D eigenvalue weighted by molar-refractivity contribution is -0.123. The van der Waals surface area contributed by atoms with Crippen LogP contribution in [0.4, 0.5) is 5.69 Å². The Morgan fingerprint density at radius 3 is 2.38 bits per heavy atom. The molecule has 156 valence electrons. The molecule has 2 aromatic carbocycles. The van der Waals surface area contributed by atoms with Crippen LogP contribution >= 0.6 is 0 Å². The van der Waals surface area contributed by atoms with E-state index in [0.717, 1.165) is 36.8 Å². The number of hydrogen-bond acceptors (Lipinski definition) is 4. The van der Waals surface area contributed by atoms with Crippen LogP contribution in [0.2, 0.25) is 0 Å². The Morgan fingerprint density at radius 1 is 1.00 bits per heavy atom. The van der Waals surface area contributed by atoms with Crippen molar-refractivity contribution < 1.29 is 17.9 Å². The van der Waals surface area contributed by atoms with E-state index in [0.29, 0.717) is 17.0 Å². The van der Waals surface area contributed by atoms with Gasteiger partial charge in [0.2, 0.25) is 0 Å². The summed E-state index contributed by atoms with van der Waals surface area (Å²) < 4.78 is 33.6. The molecular formula is C22H28N2O4S. The first-order chi connectivity index (χ1) is 13.7. The number of aryl methyl sites for hydroxylation is 3. The van der Waals surface area contributed by atoms with Gasteiger partial charge in [0, 0.05) is 11.7 Å². The number of carbonyl (C=O) groups excluding carboxylic acids is 1. The fourth-order valence-corrected chi connectivity index (χ4v) is 4.59. The Kier molecular flexibility index (Phi) is 6.47. The van der Waals surface area contributed by atoms with Crippen molar-refractivity contribution >= 4 is 21.6 Å². The summed E-state index contributed by atoms with van der Waals surface area (Å²) in [5.41, 5.74) is 3.29. The van der Waals surface area contributed by atoms with Crippen LogP contribution < -0.4 is 14.8 Å². The maximum Gasteiger partial charge on any atom is 0.261 e. The minimum absolute atomic E-state index is 0.0790. The van der Waals surface area contributed by atoms with Crippen molar-refractivity contribution in [3.63, 3.8) is 0 Å². The van der Waals surface area contributed by atoms with Gasteiger partial charge in [0.25, 0.3) is 15.9 Å². The van der Waals surface area contributed by atoms with Crippen LogP contribution in [0, 0.1) is 20.8 Å². The van der Waals surface area contributed by atoms with Crippen LogP contribution in [0.5, 0.6) is 5.75 Å². The predicted octanol–water partition coefficient (Wildman–Crippen LogP) is 3.85. The molecule has 2 aromatic rings. The number of benzene rings is 2. The molecule has 6 nitrogen and oxygen atoms in total. The average molecular weight is 417 g/mol. The summed E-state index contributed by atoms with van der Waals surface area (Å²) in [4.78, 5) is 12.2. The Labute approximate surface area is 172 Å². The van der Waals surface area contributed by atoms with Crippen LogP contribution in [-0.2, 0) is 14.8 Å². The molecule has 29 heavy (non-hydrogen) atoms. The zero-order valence-electron chi connectivity index (χ0n) is 17.1. The Hall–Kier alpha value is -2.54. The monoisotopic (exact) mass is 416 g/mol. The fraction of sp³-hybridized carbons (Fsp3) is 0.409. The van der Waals surface area contributed by atoms with Gasteiger partial charge in [-0.3, -0.25) is 9.52 Å². The number of rotatable bonds is 7. The van der Waals surface area contributed by atoms with Gasteiger partial charge in [0.05, 0.1) is 4.90 Å². The van der Waals surface area contributed by atoms with E-state index >= 15 is 0 Å². The van der Waals surface area contributed by atoms with E-state index in [1.165, 1.54) is 6.07 Å². The molecule has 1 fully saturated rings. The molecule has 0 aromatic heterocycles. The van der Waals surface area contributed by atoms with Crippen molar-refractivity contribution in [2.24, 2.45) is 0 Å². The third-order valence-corrected chi connectivity index (χ3v) is 6.67. The van der Waals surface area contributed by atoms with Gasteiger partial charge in [-0.05, 0) is 80.6 Å². The van der Waals surface area contributed by atoms with Crippen LogP contribution in [0.3, 0.4) is 0 Å². The number of hydrogen-bond donors (Lipinski definition) is 2. The van der Waals surface area contributed by atoms with E-state index < -0.39 is 10.0 Å². The summed E-state index contributed by atoms with van der Waals surface area (Å²) in [7, 11) is -3.71. The zero-order chi connectivity index (χ0) is 21.0. The van der Waals surface area contributed by atoms with E-state index in [1.807, 2.05) is 19.9 Å². The lowest BCUT2D eigenvalue weighted by Gasteiger charge is -2.14. The van der Waals surface area contributed by atoms with Gasteiger partial charge in [-0.1, -0.05) is 18.9 Å². The van der Waals surface area contributed by atoms with Gasteiger partial charge in [-0.15, -0.1) is 0 Å². The first kappa shape index (κ1) is 21.2. The average Bonchev–Trinajstić information content (AvgIpc) is 3.16. The van der Waals surface area contributed by atoms with Gasteiger partial charge in [-0.25, -0.2) is 8.42 Å². The molecule has 3 rings (SSSR count). The maximum absolute atomic E-state index is 12.7. The molecule has 2 N–H and O–H groups in total. The minimum Gasteiger partial charge on any atom is -0.484 e. The van der Waals surface area contributed by atoms with Crippen LogP contribution in [-0.4, -0.2) is 27.0 Å². The van der Waals surface area contributed by atoms with Crippen LogP contribution in [0.15, 0.2) is 41.3 Å². The molecule has 0 aliphatic heterocycles. The lowest BCUT2D eigenvalue weighted by Crippen LogP contribution is -2.36. The van der Waals surface area contributed by atoms with E-state index in [9.17, 15) is 13.2 Å². The van der Waals surface area contributed by atoms with Crippen molar-refractivity contribution in [1.29, 1.82) is 0 Å². The molecule has 1 saturated carbocycles. The van der Waals surface area contributed by atoms with E-state index in [2.05, 4.69) is 10.0 Å². The number of amides is 1. The highest BCUT2D eigenvalue weighted by atomic mass is 32.2. The molecule has 0 heterocycles. The normalized spacial score (nSPS) is 14.6. The molecule has 0 radical (unpaired) electrons. The summed E-state index contributed by atoms with van der Waals surface area (Å²) in [6.07, 6.45) is 4.34. The highest BCUT2D eigenvalue weighted by molar-refractivity contribution is 7.92. The third-order valence-electron chi connectivity index (χ3n) is 5.29. The predicted molar refractivity (Wildman–Crippen MR) is 114 cm³/mol. The quantitative estimate of drug-likeness (QED) is 0.718. The topological polar surface area (TPSA) is 84.5 Å². The van der Waals surface area contributed by atoms with Crippen molar-refractivity contribution in [2.45, 2.75) is 57.4 Å². The molecule has 0 bridgehead atoms. The number of ether oxygens (including phenoxy) is 1. The second-order valence-corrected chi connectivity index (χ2v) is 9.35. The first-order valence-corrected chi connectivity index (χ1v) is 11.4. The molecule has 1 amide bonds. The summed E-state index contributed by atoms with van der Waals surface area (Å²) in [6.45, 7) is 5.60. The first-order valence-electron chi connectivity index (χ1n) is 9.87. The molecule has 0 spiro atoms. The number of carbonyl (C=O) groups is 1. The Bertz CT molecular complexity index is 996. The summed E-state index contributed by atoms with van der Waals surface area (Å²) >= 11 is 0. The number of sulfonamides is 1. The largest absolute Gasteiger partial charge is 0.484 e. The third kappa shape index (κ3) is 5.50. The van der Waals surface area contributed by atoms with Gasteiger partial charge < -0.3 is 10.1 Å². The lowest BCUT2D eigenvalue weighted by atomic mass is 10.1. The van der Waals surface area contributed by atoms with Crippen molar-refractivity contribution in [3.05, 3.63) is 53.1 Å². The SMILES string of the molecule is Cc1ccc(NS(=O)(=O)c2ccc(OCC(=O)NC3CCCC3)c(C)c2)cc1C. The smallest absolute Gasteiger partial charge is 0.261 e. The molecule has 0 atom stereocenters. The van der Waals surface area contributed by atoms with Crippen LogP contribution in [0.25, 0.3) is 0 Å². The standard InChI is InChI=1S/C22H28N2O4S/c1-15-8-9-19(12-16(15)2)24-29(26,27)20-10-11-21(17(3)13-20)28-14-22(25)23-18-6-4-5-7-18/h8-13,18,24H,4-7,14H2,1-3H3,(H,23,25). The number of anilines is 1. The number of nitrogens with one attached hydrogen (secondary N) is 2. The fourth-order valence-electron chi connectivity index (χ4n) is 3.45. The van der Waals surface area contributed by atoms with Gasteiger partial charge in [-0.2, -0.15) is 0 Å². The molecule has 1 aliphatic carbocycles. The molecule has 7 heteroatoms. The molecule has 0 unspecified atom stereocenters. The van der Waals surface area contributed by atoms with Gasteiger partial charge in [0.1, 0.15) is 5.75 Å². The summed E-state index contributed by atoms with van der Waals surface area (Å²) in [5.74, 6) is 0.348. The second kappa shape index (κ2) is 8.86. The second-order valence-electron chi connectivity index (χ2n) is 7.67. The molecule has 1 aliphatic rings. The zero-order valence-corrected chi connectivity index (χ0v) is 17.9. The van der Waals surface area contributed by atoms with E-state index in [-0.39, 0.29) is 23.5 Å².